The van der Waals surface area contributed by atoms with Crippen molar-refractivity contribution >= 4 is 35.0 Å². The second-order valence-electron chi connectivity index (χ2n) is 8.36. The number of hydrogen-bond donors (Lipinski definition) is 2. The summed E-state index contributed by atoms with van der Waals surface area (Å²) in [5.41, 5.74) is 1.99. The lowest BCUT2D eigenvalue weighted by Gasteiger charge is -2.12. The molecular formula is C28H28N4O4S. The van der Waals surface area contributed by atoms with Gasteiger partial charge in [0.15, 0.2) is 6.61 Å². The van der Waals surface area contributed by atoms with E-state index in [1.807, 2.05) is 60.7 Å². The number of carbonyl (C=O) groups is 2. The smallest absolute Gasteiger partial charge is 0.295 e. The second-order valence-corrected chi connectivity index (χ2v) is 9.77. The molecule has 2 amide bonds. The number of anilines is 2. The van der Waals surface area contributed by atoms with Gasteiger partial charge >= 0.3 is 0 Å². The quantitative estimate of drug-likeness (QED) is 0.317. The van der Waals surface area contributed by atoms with E-state index in [0.717, 1.165) is 10.6 Å². The van der Waals surface area contributed by atoms with Crippen LogP contribution < -0.4 is 20.9 Å². The van der Waals surface area contributed by atoms with E-state index >= 15 is 0 Å². The molecule has 0 spiro atoms. The zero-order valence-corrected chi connectivity index (χ0v) is 21.6. The summed E-state index contributed by atoms with van der Waals surface area (Å²) in [4.78, 5) is 39.0. The van der Waals surface area contributed by atoms with Crippen molar-refractivity contribution in [1.29, 1.82) is 0 Å². The van der Waals surface area contributed by atoms with Gasteiger partial charge in [-0.05, 0) is 62.4 Å². The van der Waals surface area contributed by atoms with E-state index in [1.165, 1.54) is 16.4 Å². The second kappa shape index (κ2) is 11.7. The van der Waals surface area contributed by atoms with Crippen LogP contribution >= 0.6 is 11.8 Å². The molecule has 1 aromatic heterocycles. The van der Waals surface area contributed by atoms with Crippen LogP contribution in [-0.4, -0.2) is 33.0 Å². The van der Waals surface area contributed by atoms with Crippen LogP contribution in [0.5, 0.6) is 5.75 Å². The molecule has 1 atom stereocenters. The molecule has 4 rings (SSSR count). The minimum Gasteiger partial charge on any atom is -0.484 e. The van der Waals surface area contributed by atoms with Gasteiger partial charge in [0.05, 0.1) is 16.6 Å². The Morgan fingerprint density at radius 2 is 1.54 bits per heavy atom. The fraction of sp³-hybridized carbons (Fsp3) is 0.179. The first kappa shape index (κ1) is 25.8. The SMILES string of the molecule is Cc1c(NC(=O)C(C)Sc2ccc(NC(=O)COc3ccccc3)cc2)c(=O)n(-c2ccccc2)n1C. The first-order chi connectivity index (χ1) is 17.8. The van der Waals surface area contributed by atoms with Gasteiger partial charge in [-0.25, -0.2) is 4.68 Å². The highest BCUT2D eigenvalue weighted by molar-refractivity contribution is 8.00. The maximum atomic E-state index is 13.1. The number of amides is 2. The lowest BCUT2D eigenvalue weighted by molar-refractivity contribution is -0.118. The minimum absolute atomic E-state index is 0.0946. The van der Waals surface area contributed by atoms with Gasteiger partial charge in [0.1, 0.15) is 11.4 Å². The Morgan fingerprint density at radius 3 is 2.19 bits per heavy atom. The summed E-state index contributed by atoms with van der Waals surface area (Å²) in [6.07, 6.45) is 0. The Bertz CT molecular complexity index is 1430. The summed E-state index contributed by atoms with van der Waals surface area (Å²) in [5.74, 6) is 0.0872. The first-order valence-corrected chi connectivity index (χ1v) is 12.6. The van der Waals surface area contributed by atoms with Gasteiger partial charge in [0.25, 0.3) is 11.5 Å². The van der Waals surface area contributed by atoms with Gasteiger partial charge < -0.3 is 15.4 Å². The highest BCUT2D eigenvalue weighted by Crippen LogP contribution is 2.26. The maximum Gasteiger partial charge on any atom is 0.295 e. The Labute approximate surface area is 219 Å². The van der Waals surface area contributed by atoms with Gasteiger partial charge in [0.2, 0.25) is 5.91 Å². The fourth-order valence-electron chi connectivity index (χ4n) is 3.67. The van der Waals surface area contributed by atoms with Gasteiger partial charge in [-0.15, -0.1) is 11.8 Å². The van der Waals surface area contributed by atoms with E-state index in [9.17, 15) is 14.4 Å². The molecule has 9 heteroatoms. The van der Waals surface area contributed by atoms with Gasteiger partial charge in [-0.1, -0.05) is 36.4 Å². The van der Waals surface area contributed by atoms with Crippen molar-refractivity contribution in [3.8, 4) is 11.4 Å². The number of rotatable bonds is 9. The van der Waals surface area contributed by atoms with Crippen molar-refractivity contribution in [1.82, 2.24) is 9.36 Å². The zero-order valence-electron chi connectivity index (χ0n) is 20.8. The molecule has 4 aromatic rings. The van der Waals surface area contributed by atoms with E-state index in [0.29, 0.717) is 17.1 Å². The topological polar surface area (TPSA) is 94.4 Å². The molecule has 3 aromatic carbocycles. The summed E-state index contributed by atoms with van der Waals surface area (Å²) in [5, 5.41) is 5.14. The predicted molar refractivity (Wildman–Crippen MR) is 147 cm³/mol. The Balaban J connectivity index is 1.34. The molecule has 0 aliphatic rings. The molecule has 190 valence electrons. The van der Waals surface area contributed by atoms with Crippen molar-refractivity contribution in [2.45, 2.75) is 24.0 Å². The largest absolute Gasteiger partial charge is 0.484 e. The average Bonchev–Trinajstić information content (AvgIpc) is 3.12. The summed E-state index contributed by atoms with van der Waals surface area (Å²) in [6, 6.07) is 25.6. The first-order valence-electron chi connectivity index (χ1n) is 11.7. The standard InChI is InChI=1S/C28H28N4O4S/c1-19-26(28(35)32(31(19)3)22-10-6-4-7-11-22)30-27(34)20(2)37-24-16-14-21(15-17-24)29-25(33)18-36-23-12-8-5-9-13-23/h4-17,20H,18H2,1-3H3,(H,29,33)(H,30,34). The molecule has 37 heavy (non-hydrogen) atoms. The Morgan fingerprint density at radius 1 is 0.919 bits per heavy atom. The van der Waals surface area contributed by atoms with Crippen molar-refractivity contribution in [3.63, 3.8) is 0 Å². The maximum absolute atomic E-state index is 13.1. The predicted octanol–water partition coefficient (Wildman–Crippen LogP) is 4.62. The molecule has 0 saturated heterocycles. The number of benzene rings is 3. The summed E-state index contributed by atoms with van der Waals surface area (Å²) in [7, 11) is 1.78. The molecule has 0 aliphatic heterocycles. The third-order valence-corrected chi connectivity index (χ3v) is 6.85. The van der Waals surface area contributed by atoms with Crippen molar-refractivity contribution in [2.24, 2.45) is 7.05 Å². The fourth-order valence-corrected chi connectivity index (χ4v) is 4.54. The molecule has 1 unspecified atom stereocenters. The molecule has 0 bridgehead atoms. The number of para-hydroxylation sites is 2. The third-order valence-electron chi connectivity index (χ3n) is 5.74. The highest BCUT2D eigenvalue weighted by Gasteiger charge is 2.21. The van der Waals surface area contributed by atoms with Crippen molar-refractivity contribution < 1.29 is 14.3 Å². The highest BCUT2D eigenvalue weighted by atomic mass is 32.2. The normalized spacial score (nSPS) is 11.5. The van der Waals surface area contributed by atoms with Crippen LogP contribution in [0.3, 0.4) is 0 Å². The van der Waals surface area contributed by atoms with Crippen molar-refractivity contribution in [3.05, 3.63) is 101 Å². The van der Waals surface area contributed by atoms with Crippen LogP contribution in [0.25, 0.3) is 5.69 Å². The number of ether oxygens (including phenoxy) is 1. The van der Waals surface area contributed by atoms with E-state index in [-0.39, 0.29) is 29.7 Å². The van der Waals surface area contributed by atoms with Crippen LogP contribution in [0.2, 0.25) is 0 Å². The zero-order chi connectivity index (χ0) is 26.4. The van der Waals surface area contributed by atoms with Crippen LogP contribution in [-0.2, 0) is 16.6 Å². The molecule has 0 aliphatic carbocycles. The van der Waals surface area contributed by atoms with Crippen LogP contribution in [0.15, 0.2) is 94.6 Å². The number of carbonyl (C=O) groups excluding carboxylic acids is 2. The molecular weight excluding hydrogens is 488 g/mol. The van der Waals surface area contributed by atoms with E-state index in [4.69, 9.17) is 4.74 Å². The number of nitrogens with one attached hydrogen (secondary N) is 2. The van der Waals surface area contributed by atoms with Crippen LogP contribution in [0.4, 0.5) is 11.4 Å². The summed E-state index contributed by atoms with van der Waals surface area (Å²) >= 11 is 1.36. The Hall–Kier alpha value is -4.24. The van der Waals surface area contributed by atoms with E-state index in [1.54, 1.807) is 49.8 Å². The van der Waals surface area contributed by atoms with Crippen molar-refractivity contribution in [2.75, 3.05) is 17.2 Å². The molecule has 1 heterocycles. The monoisotopic (exact) mass is 516 g/mol. The molecule has 8 nitrogen and oxygen atoms in total. The lowest BCUT2D eigenvalue weighted by atomic mass is 10.3. The van der Waals surface area contributed by atoms with Gasteiger partial charge in [0, 0.05) is 17.6 Å². The molecule has 0 saturated carbocycles. The lowest BCUT2D eigenvalue weighted by Crippen LogP contribution is -2.27. The molecule has 0 fully saturated rings. The number of nitrogens with zero attached hydrogens (tertiary/aromatic N) is 2. The van der Waals surface area contributed by atoms with Crippen LogP contribution in [0, 0.1) is 6.92 Å². The van der Waals surface area contributed by atoms with Crippen LogP contribution in [0.1, 0.15) is 12.6 Å². The molecule has 2 N–H and O–H groups in total. The summed E-state index contributed by atoms with van der Waals surface area (Å²) < 4.78 is 8.71. The number of hydrogen-bond acceptors (Lipinski definition) is 5. The number of thioether (sulfide) groups is 1. The molecule has 0 radical (unpaired) electrons. The van der Waals surface area contributed by atoms with Gasteiger partial charge in [-0.3, -0.25) is 19.1 Å². The minimum atomic E-state index is -0.455. The summed E-state index contributed by atoms with van der Waals surface area (Å²) in [6.45, 7) is 3.49. The number of aromatic nitrogens is 2. The van der Waals surface area contributed by atoms with Gasteiger partial charge in [-0.2, -0.15) is 0 Å². The Kier molecular flexibility index (Phi) is 8.15. The van der Waals surface area contributed by atoms with E-state index < -0.39 is 5.25 Å². The van der Waals surface area contributed by atoms with E-state index in [2.05, 4.69) is 10.6 Å². The third kappa shape index (κ3) is 6.31. The average molecular weight is 517 g/mol.